The van der Waals surface area contributed by atoms with E-state index >= 15 is 0 Å². The van der Waals surface area contributed by atoms with Gasteiger partial charge in [0.05, 0.1) is 5.52 Å². The molecule has 0 radical (unpaired) electrons. The number of nitrogens with zero attached hydrogens (tertiary/aromatic N) is 2. The average molecular weight is 454 g/mol. The monoisotopic (exact) mass is 454 g/mol. The predicted octanol–water partition coefficient (Wildman–Crippen LogP) is 4.52. The number of aromatic nitrogens is 2. The smallest absolute Gasteiger partial charge is 0.256 e. The van der Waals surface area contributed by atoms with Crippen LogP contribution in [0.1, 0.15) is 32.0 Å². The molecule has 1 aliphatic heterocycles. The summed E-state index contributed by atoms with van der Waals surface area (Å²) in [6.45, 7) is 4.68. The third-order valence-electron chi connectivity index (χ3n) is 5.49. The summed E-state index contributed by atoms with van der Waals surface area (Å²) in [5, 5.41) is 6.57. The predicted molar refractivity (Wildman–Crippen MR) is 129 cm³/mol. The van der Waals surface area contributed by atoms with E-state index in [1.54, 1.807) is 42.6 Å². The number of hydrogen-bond acceptors (Lipinski definition) is 6. The van der Waals surface area contributed by atoms with Crippen molar-refractivity contribution < 1.29 is 19.1 Å². The summed E-state index contributed by atoms with van der Waals surface area (Å²) in [6.07, 6.45) is 1.60. The molecule has 3 heterocycles. The van der Waals surface area contributed by atoms with Crippen molar-refractivity contribution in [3.63, 3.8) is 0 Å². The second-order valence-corrected chi connectivity index (χ2v) is 8.01. The summed E-state index contributed by atoms with van der Waals surface area (Å²) in [6, 6.07) is 15.9. The zero-order chi connectivity index (χ0) is 23.7. The minimum Gasteiger partial charge on any atom is -0.486 e. The van der Waals surface area contributed by atoms with E-state index in [-0.39, 0.29) is 11.8 Å². The Hall–Kier alpha value is -4.46. The fourth-order valence-corrected chi connectivity index (χ4v) is 3.66. The minimum absolute atomic E-state index is 0.263. The van der Waals surface area contributed by atoms with Crippen molar-refractivity contribution >= 4 is 34.2 Å². The molecule has 5 rings (SSSR count). The topological polar surface area (TPSA) is 102 Å². The van der Waals surface area contributed by atoms with Crippen LogP contribution in [0.2, 0.25) is 0 Å². The molecule has 4 aromatic rings. The quantitative estimate of drug-likeness (QED) is 0.470. The number of hydrogen-bond donors (Lipinski definition) is 2. The highest BCUT2D eigenvalue weighted by molar-refractivity contribution is 6.07. The summed E-state index contributed by atoms with van der Waals surface area (Å²) in [4.78, 5) is 34.4. The number of ether oxygens (including phenoxy) is 2. The Morgan fingerprint density at radius 2 is 1.56 bits per heavy atom. The van der Waals surface area contributed by atoms with Gasteiger partial charge in [-0.25, -0.2) is 4.98 Å². The number of carbonyl (C=O) groups excluding carboxylic acids is 2. The van der Waals surface area contributed by atoms with Crippen LogP contribution in [-0.2, 0) is 0 Å². The van der Waals surface area contributed by atoms with E-state index in [4.69, 9.17) is 9.47 Å². The van der Waals surface area contributed by atoms with Crippen molar-refractivity contribution in [1.29, 1.82) is 0 Å². The second-order valence-electron chi connectivity index (χ2n) is 8.01. The van der Waals surface area contributed by atoms with Crippen LogP contribution in [0.5, 0.6) is 11.5 Å². The van der Waals surface area contributed by atoms with Crippen LogP contribution in [-0.4, -0.2) is 35.0 Å². The van der Waals surface area contributed by atoms with Gasteiger partial charge in [-0.1, -0.05) is 6.07 Å². The van der Waals surface area contributed by atoms with Crippen LogP contribution >= 0.6 is 0 Å². The fourth-order valence-electron chi connectivity index (χ4n) is 3.66. The molecule has 2 amide bonds. The Labute approximate surface area is 196 Å². The lowest BCUT2D eigenvalue weighted by molar-refractivity contribution is 0.101. The van der Waals surface area contributed by atoms with Crippen molar-refractivity contribution in [1.82, 2.24) is 9.97 Å². The summed E-state index contributed by atoms with van der Waals surface area (Å²) in [5.41, 5.74) is 4.00. The number of benzene rings is 2. The van der Waals surface area contributed by atoms with Crippen LogP contribution in [0.4, 0.5) is 11.5 Å². The molecule has 0 atom stereocenters. The maximum Gasteiger partial charge on any atom is 0.256 e. The van der Waals surface area contributed by atoms with Gasteiger partial charge in [-0.2, -0.15) is 0 Å². The van der Waals surface area contributed by atoms with Gasteiger partial charge in [0.1, 0.15) is 19.0 Å². The average Bonchev–Trinajstić information content (AvgIpc) is 2.85. The summed E-state index contributed by atoms with van der Waals surface area (Å²) in [7, 11) is 0. The molecule has 0 spiro atoms. The standard InChI is InChI=1S/C26H22N4O4/c1-15-14-27-24(30-26(32)19-6-8-22-23(12-19)34-10-9-33-22)13-21(15)29-25(31)18-5-7-20-17(11-18)4-3-16(2)28-20/h3-8,11-14H,9-10H2,1-2H3,(H2,27,29,30,31,32). The van der Waals surface area contributed by atoms with Crippen molar-refractivity contribution in [3.8, 4) is 11.5 Å². The highest BCUT2D eigenvalue weighted by Crippen LogP contribution is 2.31. The van der Waals surface area contributed by atoms with Crippen molar-refractivity contribution in [2.24, 2.45) is 0 Å². The van der Waals surface area contributed by atoms with Crippen molar-refractivity contribution in [3.05, 3.63) is 83.2 Å². The number of anilines is 2. The SMILES string of the molecule is Cc1ccc2cc(C(=O)Nc3cc(NC(=O)c4ccc5c(c4)OCCO5)ncc3C)ccc2n1. The van der Waals surface area contributed by atoms with Crippen LogP contribution in [0, 0.1) is 13.8 Å². The first-order chi connectivity index (χ1) is 16.5. The molecule has 2 aromatic heterocycles. The fraction of sp³-hybridized carbons (Fsp3) is 0.154. The maximum absolute atomic E-state index is 12.9. The maximum atomic E-state index is 12.9. The van der Waals surface area contributed by atoms with Crippen LogP contribution in [0.25, 0.3) is 10.9 Å². The lowest BCUT2D eigenvalue weighted by Crippen LogP contribution is -2.18. The number of aryl methyl sites for hydroxylation is 2. The number of rotatable bonds is 4. The van der Waals surface area contributed by atoms with E-state index < -0.39 is 0 Å². The van der Waals surface area contributed by atoms with Crippen molar-refractivity contribution in [2.75, 3.05) is 23.8 Å². The minimum atomic E-state index is -0.345. The molecule has 170 valence electrons. The zero-order valence-electron chi connectivity index (χ0n) is 18.7. The van der Waals surface area contributed by atoms with E-state index in [0.29, 0.717) is 47.3 Å². The van der Waals surface area contributed by atoms with E-state index in [0.717, 1.165) is 22.2 Å². The molecule has 1 aliphatic rings. The van der Waals surface area contributed by atoms with Crippen LogP contribution < -0.4 is 20.1 Å². The summed E-state index contributed by atoms with van der Waals surface area (Å²) >= 11 is 0. The molecule has 0 aliphatic carbocycles. The number of nitrogens with one attached hydrogen (secondary N) is 2. The van der Waals surface area contributed by atoms with E-state index in [2.05, 4.69) is 20.6 Å². The van der Waals surface area contributed by atoms with E-state index in [9.17, 15) is 9.59 Å². The molecule has 8 nitrogen and oxygen atoms in total. The Bertz CT molecular complexity index is 1430. The molecule has 0 fully saturated rings. The number of pyridine rings is 2. The summed E-state index contributed by atoms with van der Waals surface area (Å²) in [5.74, 6) is 0.855. The third kappa shape index (κ3) is 4.38. The third-order valence-corrected chi connectivity index (χ3v) is 5.49. The molecular formula is C26H22N4O4. The second kappa shape index (κ2) is 8.82. The lowest BCUT2D eigenvalue weighted by Gasteiger charge is -2.18. The number of carbonyl (C=O) groups is 2. The molecular weight excluding hydrogens is 432 g/mol. The lowest BCUT2D eigenvalue weighted by atomic mass is 10.1. The first kappa shape index (κ1) is 21.4. The van der Waals surface area contributed by atoms with Gasteiger partial charge >= 0.3 is 0 Å². The Morgan fingerprint density at radius 1 is 0.824 bits per heavy atom. The van der Waals surface area contributed by atoms with Gasteiger partial charge in [-0.3, -0.25) is 14.6 Å². The van der Waals surface area contributed by atoms with E-state index in [1.807, 2.05) is 32.0 Å². The summed E-state index contributed by atoms with van der Waals surface area (Å²) < 4.78 is 11.0. The van der Waals surface area contributed by atoms with Gasteiger partial charge in [0.15, 0.2) is 11.5 Å². The normalized spacial score (nSPS) is 12.3. The van der Waals surface area contributed by atoms with Gasteiger partial charge in [-0.05, 0) is 61.9 Å². The molecule has 0 bridgehead atoms. The molecule has 0 saturated heterocycles. The largest absolute Gasteiger partial charge is 0.486 e. The van der Waals surface area contributed by atoms with Gasteiger partial charge in [0.25, 0.3) is 11.8 Å². The molecule has 34 heavy (non-hydrogen) atoms. The molecule has 2 N–H and O–H groups in total. The molecule has 0 saturated carbocycles. The highest BCUT2D eigenvalue weighted by Gasteiger charge is 2.16. The Balaban J connectivity index is 1.33. The van der Waals surface area contributed by atoms with Gasteiger partial charge < -0.3 is 20.1 Å². The number of amides is 2. The zero-order valence-corrected chi connectivity index (χ0v) is 18.7. The molecule has 0 unspecified atom stereocenters. The van der Waals surface area contributed by atoms with Gasteiger partial charge in [0, 0.05) is 40.2 Å². The molecule has 8 heteroatoms. The number of fused-ring (bicyclic) bond motifs is 2. The molecule has 2 aromatic carbocycles. The first-order valence-electron chi connectivity index (χ1n) is 10.8. The van der Waals surface area contributed by atoms with E-state index in [1.165, 1.54) is 0 Å². The van der Waals surface area contributed by atoms with Crippen LogP contribution in [0.15, 0.2) is 60.8 Å². The first-order valence-corrected chi connectivity index (χ1v) is 10.8. The Kier molecular flexibility index (Phi) is 5.55. The van der Waals surface area contributed by atoms with Gasteiger partial charge in [0.2, 0.25) is 0 Å². The van der Waals surface area contributed by atoms with Crippen LogP contribution in [0.3, 0.4) is 0 Å². The van der Waals surface area contributed by atoms with Gasteiger partial charge in [-0.15, -0.1) is 0 Å². The Morgan fingerprint density at radius 3 is 2.41 bits per heavy atom. The van der Waals surface area contributed by atoms with Crippen molar-refractivity contribution in [2.45, 2.75) is 13.8 Å². The highest BCUT2D eigenvalue weighted by atomic mass is 16.6.